The van der Waals surface area contributed by atoms with Crippen LogP contribution in [0.5, 0.6) is 5.75 Å². The smallest absolute Gasteiger partial charge is 0.256 e. The number of hydrogen-bond donors (Lipinski definition) is 1. The fourth-order valence-electron chi connectivity index (χ4n) is 4.64. The number of para-hydroxylation sites is 1. The number of piperazine rings is 1. The number of ether oxygens (including phenoxy) is 1. The zero-order valence-corrected chi connectivity index (χ0v) is 19.6. The molecule has 0 atom stereocenters. The Morgan fingerprint density at radius 1 is 0.939 bits per heavy atom. The zero-order valence-electron chi connectivity index (χ0n) is 19.6. The second-order valence-electron chi connectivity index (χ2n) is 8.71. The molecule has 2 aliphatic heterocycles. The minimum atomic E-state index is -0.0575. The highest BCUT2D eigenvalue weighted by atomic mass is 16.5. The molecule has 0 radical (unpaired) electrons. The van der Waals surface area contributed by atoms with Crippen LogP contribution in [0.1, 0.15) is 40.5 Å². The van der Waals surface area contributed by atoms with Gasteiger partial charge in [-0.05, 0) is 55.8 Å². The van der Waals surface area contributed by atoms with Gasteiger partial charge >= 0.3 is 0 Å². The van der Waals surface area contributed by atoms with Crippen molar-refractivity contribution in [1.82, 2.24) is 15.1 Å². The number of nitrogens with one attached hydrogen (secondary N) is 1. The summed E-state index contributed by atoms with van der Waals surface area (Å²) in [5, 5.41) is 3.16. The maximum absolute atomic E-state index is 13.3. The number of rotatable bonds is 6. The third kappa shape index (κ3) is 5.47. The van der Waals surface area contributed by atoms with E-state index in [0.717, 1.165) is 75.7 Å². The molecule has 4 rings (SSSR count). The molecule has 2 aliphatic rings. The number of methoxy groups -OCH3 is 1. The molecule has 0 unspecified atom stereocenters. The standard InChI is InChI=1S/C26H34N4O3/c1-3-28-16-18-30(19-17-28)26(32)23-6-4-5-7-24(23)29-14-12-21(13-15-29)27-25(31)20-8-10-22(33-2)11-9-20/h4-11,21H,3,12-19H2,1-2H3,(H,27,31). The third-order valence-electron chi connectivity index (χ3n) is 6.76. The molecule has 7 nitrogen and oxygen atoms in total. The Bertz CT molecular complexity index is 946. The first-order valence-electron chi connectivity index (χ1n) is 11.9. The first kappa shape index (κ1) is 23.1. The summed E-state index contributed by atoms with van der Waals surface area (Å²) in [6.07, 6.45) is 1.69. The van der Waals surface area contributed by atoms with Gasteiger partial charge in [0.15, 0.2) is 0 Å². The minimum absolute atomic E-state index is 0.0575. The molecule has 0 bridgehead atoms. The second kappa shape index (κ2) is 10.7. The fraction of sp³-hybridized carbons (Fsp3) is 0.462. The topological polar surface area (TPSA) is 65.1 Å². The van der Waals surface area contributed by atoms with Crippen molar-refractivity contribution in [1.29, 1.82) is 0 Å². The largest absolute Gasteiger partial charge is 0.497 e. The highest BCUT2D eigenvalue weighted by Gasteiger charge is 2.27. The number of carbonyl (C=O) groups excluding carboxylic acids is 2. The fourth-order valence-corrected chi connectivity index (χ4v) is 4.64. The molecule has 0 saturated carbocycles. The molecule has 2 saturated heterocycles. The van der Waals surface area contributed by atoms with Gasteiger partial charge in [-0.1, -0.05) is 19.1 Å². The van der Waals surface area contributed by atoms with Crippen LogP contribution in [0.3, 0.4) is 0 Å². The molecule has 2 heterocycles. The van der Waals surface area contributed by atoms with Crippen LogP contribution in [0.15, 0.2) is 48.5 Å². The van der Waals surface area contributed by atoms with Crippen molar-refractivity contribution in [3.05, 3.63) is 59.7 Å². The summed E-state index contributed by atoms with van der Waals surface area (Å²) in [5.74, 6) is 0.800. The average Bonchev–Trinajstić information content (AvgIpc) is 2.89. The van der Waals surface area contributed by atoms with E-state index < -0.39 is 0 Å². The van der Waals surface area contributed by atoms with E-state index >= 15 is 0 Å². The van der Waals surface area contributed by atoms with Crippen LogP contribution >= 0.6 is 0 Å². The van der Waals surface area contributed by atoms with Gasteiger partial charge in [0, 0.05) is 56.6 Å². The van der Waals surface area contributed by atoms with Gasteiger partial charge in [0.1, 0.15) is 5.75 Å². The summed E-state index contributed by atoms with van der Waals surface area (Å²) in [6, 6.07) is 15.2. The lowest BCUT2D eigenvalue weighted by Crippen LogP contribution is -2.49. The number of nitrogens with zero attached hydrogens (tertiary/aromatic N) is 3. The quantitative estimate of drug-likeness (QED) is 0.733. The summed E-state index contributed by atoms with van der Waals surface area (Å²) in [7, 11) is 1.61. The van der Waals surface area contributed by atoms with E-state index in [1.54, 1.807) is 31.4 Å². The SMILES string of the molecule is CCN1CCN(C(=O)c2ccccc2N2CCC(NC(=O)c3ccc(OC)cc3)CC2)CC1. The lowest BCUT2D eigenvalue weighted by molar-refractivity contribution is 0.0644. The van der Waals surface area contributed by atoms with Gasteiger partial charge in [-0.3, -0.25) is 9.59 Å². The molecule has 7 heteroatoms. The molecule has 2 amide bonds. The van der Waals surface area contributed by atoms with Crippen LogP contribution in [0.25, 0.3) is 0 Å². The first-order valence-corrected chi connectivity index (χ1v) is 11.9. The Labute approximate surface area is 196 Å². The summed E-state index contributed by atoms with van der Waals surface area (Å²) < 4.78 is 5.16. The van der Waals surface area contributed by atoms with Gasteiger partial charge in [0.2, 0.25) is 0 Å². The van der Waals surface area contributed by atoms with Gasteiger partial charge in [0.05, 0.1) is 12.7 Å². The highest BCUT2D eigenvalue weighted by Crippen LogP contribution is 2.26. The average molecular weight is 451 g/mol. The van der Waals surface area contributed by atoms with Crippen molar-refractivity contribution in [2.75, 3.05) is 57.8 Å². The maximum Gasteiger partial charge on any atom is 0.256 e. The molecular formula is C26H34N4O3. The van der Waals surface area contributed by atoms with E-state index in [1.165, 1.54) is 0 Å². The van der Waals surface area contributed by atoms with Crippen molar-refractivity contribution >= 4 is 17.5 Å². The molecule has 0 spiro atoms. The van der Waals surface area contributed by atoms with E-state index in [1.807, 2.05) is 29.2 Å². The number of carbonyl (C=O) groups is 2. The van der Waals surface area contributed by atoms with E-state index in [-0.39, 0.29) is 17.9 Å². The normalized spacial score (nSPS) is 17.6. The van der Waals surface area contributed by atoms with Gasteiger partial charge in [0.25, 0.3) is 11.8 Å². The summed E-state index contributed by atoms with van der Waals surface area (Å²) >= 11 is 0. The Hall–Kier alpha value is -3.06. The number of benzene rings is 2. The number of anilines is 1. The van der Waals surface area contributed by atoms with Crippen molar-refractivity contribution in [2.45, 2.75) is 25.8 Å². The zero-order chi connectivity index (χ0) is 23.2. The Balaban J connectivity index is 1.35. The Morgan fingerprint density at radius 3 is 2.24 bits per heavy atom. The molecule has 1 N–H and O–H groups in total. The summed E-state index contributed by atoms with van der Waals surface area (Å²) in [6.45, 7) is 8.23. The number of piperidine rings is 1. The van der Waals surface area contributed by atoms with E-state index in [9.17, 15) is 9.59 Å². The summed E-state index contributed by atoms with van der Waals surface area (Å²) in [5.41, 5.74) is 2.42. The molecule has 0 aromatic heterocycles. The van der Waals surface area contributed by atoms with Gasteiger partial charge in [-0.2, -0.15) is 0 Å². The van der Waals surface area contributed by atoms with Crippen molar-refractivity contribution < 1.29 is 14.3 Å². The predicted octanol–water partition coefficient (Wildman–Crippen LogP) is 2.87. The lowest BCUT2D eigenvalue weighted by Gasteiger charge is -2.37. The van der Waals surface area contributed by atoms with Crippen LogP contribution in [-0.4, -0.2) is 80.6 Å². The van der Waals surface area contributed by atoms with Crippen molar-refractivity contribution in [3.8, 4) is 5.75 Å². The van der Waals surface area contributed by atoms with Crippen LogP contribution in [-0.2, 0) is 0 Å². The molecule has 2 aromatic carbocycles. The molecule has 0 aliphatic carbocycles. The lowest BCUT2D eigenvalue weighted by atomic mass is 10.0. The number of likely N-dealkylation sites (N-methyl/N-ethyl adjacent to an activating group) is 1. The molecular weight excluding hydrogens is 416 g/mol. The van der Waals surface area contributed by atoms with E-state index in [4.69, 9.17) is 4.74 Å². The maximum atomic E-state index is 13.3. The van der Waals surface area contributed by atoms with Crippen LogP contribution < -0.4 is 15.0 Å². The minimum Gasteiger partial charge on any atom is -0.497 e. The van der Waals surface area contributed by atoms with Crippen LogP contribution in [0.4, 0.5) is 5.69 Å². The van der Waals surface area contributed by atoms with Crippen LogP contribution in [0.2, 0.25) is 0 Å². The molecule has 2 fully saturated rings. The van der Waals surface area contributed by atoms with Crippen molar-refractivity contribution in [2.24, 2.45) is 0 Å². The van der Waals surface area contributed by atoms with E-state index in [0.29, 0.717) is 5.56 Å². The Kier molecular flexibility index (Phi) is 7.50. The second-order valence-corrected chi connectivity index (χ2v) is 8.71. The highest BCUT2D eigenvalue weighted by molar-refractivity contribution is 6.00. The molecule has 33 heavy (non-hydrogen) atoms. The summed E-state index contributed by atoms with van der Waals surface area (Å²) in [4.78, 5) is 32.5. The predicted molar refractivity (Wildman–Crippen MR) is 130 cm³/mol. The number of amides is 2. The molecule has 2 aromatic rings. The van der Waals surface area contributed by atoms with Crippen molar-refractivity contribution in [3.63, 3.8) is 0 Å². The number of hydrogen-bond acceptors (Lipinski definition) is 5. The van der Waals surface area contributed by atoms with Gasteiger partial charge in [-0.25, -0.2) is 0 Å². The van der Waals surface area contributed by atoms with Gasteiger partial charge in [-0.15, -0.1) is 0 Å². The molecule has 176 valence electrons. The third-order valence-corrected chi connectivity index (χ3v) is 6.76. The van der Waals surface area contributed by atoms with Crippen LogP contribution in [0, 0.1) is 0 Å². The van der Waals surface area contributed by atoms with Gasteiger partial charge < -0.3 is 24.8 Å². The Morgan fingerprint density at radius 2 is 1.61 bits per heavy atom. The monoisotopic (exact) mass is 450 g/mol. The first-order chi connectivity index (χ1) is 16.1. The van der Waals surface area contributed by atoms with E-state index in [2.05, 4.69) is 22.0 Å².